The lowest BCUT2D eigenvalue weighted by atomic mass is 9.79. The molecule has 1 aromatic heterocycles. The van der Waals surface area contributed by atoms with Crippen LogP contribution < -0.4 is 0 Å². The van der Waals surface area contributed by atoms with E-state index in [0.29, 0.717) is 10.6 Å². The molecule has 2 nitrogen and oxygen atoms in total. The predicted molar refractivity (Wildman–Crippen MR) is 71.1 cm³/mol. The zero-order valence-corrected chi connectivity index (χ0v) is 10.5. The Morgan fingerprint density at radius 1 is 1.22 bits per heavy atom. The van der Waals surface area contributed by atoms with Crippen LogP contribution in [0, 0.1) is 0 Å². The number of fused-ring (bicyclic) bond motifs is 1. The van der Waals surface area contributed by atoms with Crippen molar-refractivity contribution in [3.8, 4) is 0 Å². The fraction of sp³-hybridized carbons (Fsp3) is 0.200. The Bertz CT molecular complexity index is 595. The predicted octanol–water partition coefficient (Wildman–Crippen LogP) is 3.65. The van der Waals surface area contributed by atoms with E-state index in [1.807, 2.05) is 24.3 Å². The molecule has 0 amide bonds. The number of nitrogens with zero attached hydrogens (tertiary/aromatic N) is 1. The highest BCUT2D eigenvalue weighted by Crippen LogP contribution is 2.35. The molecule has 3 heteroatoms. The van der Waals surface area contributed by atoms with Crippen molar-refractivity contribution in [2.75, 3.05) is 0 Å². The first-order valence-corrected chi connectivity index (χ1v) is 6.36. The van der Waals surface area contributed by atoms with Crippen molar-refractivity contribution in [3.63, 3.8) is 0 Å². The quantitative estimate of drug-likeness (QED) is 0.781. The van der Waals surface area contributed by atoms with Gasteiger partial charge in [0.15, 0.2) is 5.78 Å². The van der Waals surface area contributed by atoms with E-state index in [1.165, 1.54) is 0 Å². The molecule has 0 spiro atoms. The van der Waals surface area contributed by atoms with Crippen LogP contribution in [0.25, 0.3) is 0 Å². The van der Waals surface area contributed by atoms with Gasteiger partial charge in [-0.15, -0.1) is 0 Å². The minimum atomic E-state index is -0.105. The Hall–Kier alpha value is -1.67. The molecule has 1 aromatic carbocycles. The zero-order chi connectivity index (χ0) is 12.5. The van der Waals surface area contributed by atoms with Crippen molar-refractivity contribution >= 4 is 17.4 Å². The Labute approximate surface area is 111 Å². The van der Waals surface area contributed by atoms with Crippen LogP contribution in [0.15, 0.2) is 42.7 Å². The molecule has 0 saturated carbocycles. The maximum Gasteiger partial charge on any atom is 0.172 e. The molecule has 0 unspecified atom stereocenters. The molecule has 1 heterocycles. The summed E-state index contributed by atoms with van der Waals surface area (Å²) < 4.78 is 0. The number of hydrogen-bond donors (Lipinski definition) is 0. The molecule has 1 aliphatic carbocycles. The van der Waals surface area contributed by atoms with Crippen LogP contribution in [0.1, 0.15) is 33.8 Å². The van der Waals surface area contributed by atoms with Gasteiger partial charge in [0.1, 0.15) is 0 Å². The second-order valence-electron chi connectivity index (χ2n) is 4.52. The highest BCUT2D eigenvalue weighted by atomic mass is 35.5. The summed E-state index contributed by atoms with van der Waals surface area (Å²) in [7, 11) is 0. The summed E-state index contributed by atoms with van der Waals surface area (Å²) in [5.74, 6) is 0.0148. The summed E-state index contributed by atoms with van der Waals surface area (Å²) in [4.78, 5) is 16.6. The highest BCUT2D eigenvalue weighted by molar-refractivity contribution is 6.34. The van der Waals surface area contributed by atoms with Crippen LogP contribution in [-0.2, 0) is 6.42 Å². The van der Waals surface area contributed by atoms with Gasteiger partial charge >= 0.3 is 0 Å². The average Bonchev–Trinajstić information content (AvgIpc) is 2.40. The van der Waals surface area contributed by atoms with Gasteiger partial charge in [-0.05, 0) is 36.1 Å². The van der Waals surface area contributed by atoms with Crippen LogP contribution in [0.5, 0.6) is 0 Å². The fourth-order valence-corrected chi connectivity index (χ4v) is 2.85. The lowest BCUT2D eigenvalue weighted by molar-refractivity contribution is 0.0946. The molecule has 0 saturated heterocycles. The standard InChI is InChI=1S/C15H12ClNO/c16-13-5-1-3-10-6-7-12(15(18)14(10)13)11-4-2-8-17-9-11/h1-5,8-9,12H,6-7H2/t12-/m0/s1. The second kappa shape index (κ2) is 4.54. The number of halogens is 1. The van der Waals surface area contributed by atoms with Gasteiger partial charge in [-0.2, -0.15) is 0 Å². The van der Waals surface area contributed by atoms with E-state index in [1.54, 1.807) is 18.5 Å². The van der Waals surface area contributed by atoms with Crippen molar-refractivity contribution in [3.05, 3.63) is 64.4 Å². The van der Waals surface area contributed by atoms with Crippen molar-refractivity contribution < 1.29 is 4.79 Å². The van der Waals surface area contributed by atoms with E-state index in [-0.39, 0.29) is 11.7 Å². The zero-order valence-electron chi connectivity index (χ0n) is 9.77. The van der Waals surface area contributed by atoms with Gasteiger partial charge in [0.25, 0.3) is 0 Å². The average molecular weight is 258 g/mol. The minimum Gasteiger partial charge on any atom is -0.293 e. The summed E-state index contributed by atoms with van der Waals surface area (Å²) in [5.41, 5.74) is 2.74. The smallest absolute Gasteiger partial charge is 0.172 e. The molecule has 0 bridgehead atoms. The first-order valence-electron chi connectivity index (χ1n) is 5.99. The Kier molecular flexibility index (Phi) is 2.88. The maximum absolute atomic E-state index is 12.5. The van der Waals surface area contributed by atoms with Gasteiger partial charge in [0.05, 0.1) is 5.02 Å². The summed E-state index contributed by atoms with van der Waals surface area (Å²) in [5, 5.41) is 0.561. The van der Waals surface area contributed by atoms with Gasteiger partial charge in [-0.25, -0.2) is 0 Å². The Morgan fingerprint density at radius 3 is 2.89 bits per heavy atom. The number of pyridine rings is 1. The molecule has 2 aromatic rings. The topological polar surface area (TPSA) is 30.0 Å². The third kappa shape index (κ3) is 1.83. The van der Waals surface area contributed by atoms with E-state index >= 15 is 0 Å². The third-order valence-corrected chi connectivity index (χ3v) is 3.77. The molecule has 1 aliphatic rings. The van der Waals surface area contributed by atoms with E-state index in [9.17, 15) is 4.79 Å². The molecular formula is C15H12ClNO. The number of hydrogen-bond acceptors (Lipinski definition) is 2. The molecule has 0 fully saturated rings. The second-order valence-corrected chi connectivity index (χ2v) is 4.92. The number of rotatable bonds is 1. The van der Waals surface area contributed by atoms with Crippen LogP contribution in [0.2, 0.25) is 5.02 Å². The molecule has 0 radical (unpaired) electrons. The molecule has 18 heavy (non-hydrogen) atoms. The molecule has 1 atom stereocenters. The van der Waals surface area contributed by atoms with Crippen molar-refractivity contribution in [1.82, 2.24) is 4.98 Å². The van der Waals surface area contributed by atoms with Gasteiger partial charge in [0, 0.05) is 23.9 Å². The van der Waals surface area contributed by atoms with E-state index in [4.69, 9.17) is 11.6 Å². The first-order chi connectivity index (χ1) is 8.77. The normalized spacial score (nSPS) is 18.5. The SMILES string of the molecule is O=C1c2c(Cl)cccc2CC[C@H]1c1cccnc1. The summed E-state index contributed by atoms with van der Waals surface area (Å²) in [6.07, 6.45) is 5.21. The van der Waals surface area contributed by atoms with E-state index in [0.717, 1.165) is 24.0 Å². The fourth-order valence-electron chi connectivity index (χ4n) is 2.56. The monoisotopic (exact) mass is 257 g/mol. The van der Waals surface area contributed by atoms with Crippen LogP contribution in [0.3, 0.4) is 0 Å². The number of carbonyl (C=O) groups is 1. The largest absolute Gasteiger partial charge is 0.293 e. The van der Waals surface area contributed by atoms with Crippen molar-refractivity contribution in [2.24, 2.45) is 0 Å². The maximum atomic E-state index is 12.5. The molecule has 3 rings (SSSR count). The van der Waals surface area contributed by atoms with Gasteiger partial charge in [-0.1, -0.05) is 29.8 Å². The molecule has 0 aliphatic heterocycles. The minimum absolute atomic E-state index is 0.105. The van der Waals surface area contributed by atoms with Gasteiger partial charge in [-0.3, -0.25) is 9.78 Å². The number of aromatic nitrogens is 1. The number of Topliss-reactive ketones (excluding diaryl/α,β-unsaturated/α-hetero) is 1. The van der Waals surface area contributed by atoms with Gasteiger partial charge in [0.2, 0.25) is 0 Å². The Balaban J connectivity index is 2.05. The molecule has 0 N–H and O–H groups in total. The van der Waals surface area contributed by atoms with Crippen molar-refractivity contribution in [2.45, 2.75) is 18.8 Å². The molecule has 90 valence electrons. The lowest BCUT2D eigenvalue weighted by Gasteiger charge is -2.24. The summed E-state index contributed by atoms with van der Waals surface area (Å²) >= 11 is 6.15. The third-order valence-electron chi connectivity index (χ3n) is 3.45. The van der Waals surface area contributed by atoms with E-state index < -0.39 is 0 Å². The number of benzene rings is 1. The Morgan fingerprint density at radius 2 is 2.11 bits per heavy atom. The molecular weight excluding hydrogens is 246 g/mol. The highest BCUT2D eigenvalue weighted by Gasteiger charge is 2.30. The van der Waals surface area contributed by atoms with Gasteiger partial charge < -0.3 is 0 Å². The summed E-state index contributed by atoms with van der Waals surface area (Å²) in [6.45, 7) is 0. The van der Waals surface area contributed by atoms with Crippen molar-refractivity contribution in [1.29, 1.82) is 0 Å². The summed E-state index contributed by atoms with van der Waals surface area (Å²) in [6, 6.07) is 9.49. The van der Waals surface area contributed by atoms with Crippen LogP contribution in [-0.4, -0.2) is 10.8 Å². The number of ketones is 1. The van der Waals surface area contributed by atoms with Crippen LogP contribution in [0.4, 0.5) is 0 Å². The lowest BCUT2D eigenvalue weighted by Crippen LogP contribution is -2.21. The van der Waals surface area contributed by atoms with E-state index in [2.05, 4.69) is 4.98 Å². The number of carbonyl (C=O) groups excluding carboxylic acids is 1. The first kappa shape index (κ1) is 11.4. The van der Waals surface area contributed by atoms with Crippen LogP contribution >= 0.6 is 11.6 Å². The number of aryl methyl sites for hydroxylation is 1.